The summed E-state index contributed by atoms with van der Waals surface area (Å²) in [4.78, 5) is 49.5. The lowest BCUT2D eigenvalue weighted by molar-refractivity contribution is -0.179. The Labute approximate surface area is 253 Å². The molecule has 1 unspecified atom stereocenters. The third kappa shape index (κ3) is 4.52. The molecule has 2 bridgehead atoms. The van der Waals surface area contributed by atoms with Crippen LogP contribution in [0.1, 0.15) is 62.3 Å². The SMILES string of the molecule is COc1ccc2c3c1O[C@H]1C(OC(=O)[C@@H](OC(=O)C[C@H](OC(C)=O)C(=O)O)c4ccccc4)=CC[C@@]4(O)[C@@H](C2)C(C)CC[C@]314. The van der Waals surface area contributed by atoms with Crippen LogP contribution in [0.5, 0.6) is 11.5 Å². The Hall–Kier alpha value is -4.38. The van der Waals surface area contributed by atoms with Gasteiger partial charge >= 0.3 is 23.9 Å². The van der Waals surface area contributed by atoms with Gasteiger partial charge in [-0.3, -0.25) is 9.59 Å². The molecule has 0 aromatic heterocycles. The summed E-state index contributed by atoms with van der Waals surface area (Å²) >= 11 is 0. The normalized spacial score (nSPS) is 28.7. The predicted molar refractivity (Wildman–Crippen MR) is 152 cm³/mol. The molecule has 2 aromatic carbocycles. The molecule has 4 aliphatic rings. The number of hydrogen-bond donors (Lipinski definition) is 2. The van der Waals surface area contributed by atoms with Gasteiger partial charge in [0.2, 0.25) is 12.2 Å². The second-order valence-corrected chi connectivity index (χ2v) is 12.0. The molecule has 1 heterocycles. The summed E-state index contributed by atoms with van der Waals surface area (Å²) in [5, 5.41) is 21.8. The van der Waals surface area contributed by atoms with Crippen molar-refractivity contribution in [2.24, 2.45) is 11.8 Å². The molecule has 0 saturated heterocycles. The molecule has 0 amide bonds. The van der Waals surface area contributed by atoms with E-state index >= 15 is 0 Å². The molecular formula is C33H34O11. The Morgan fingerprint density at radius 1 is 1.09 bits per heavy atom. The van der Waals surface area contributed by atoms with Crippen LogP contribution in [0.4, 0.5) is 0 Å². The van der Waals surface area contributed by atoms with Gasteiger partial charge in [-0.1, -0.05) is 43.3 Å². The molecule has 1 aliphatic heterocycles. The highest BCUT2D eigenvalue weighted by Crippen LogP contribution is 2.68. The van der Waals surface area contributed by atoms with Crippen LogP contribution in [0, 0.1) is 11.8 Å². The Kier molecular flexibility index (Phi) is 7.39. The summed E-state index contributed by atoms with van der Waals surface area (Å²) in [6, 6.07) is 12.0. The van der Waals surface area contributed by atoms with Gasteiger partial charge < -0.3 is 33.9 Å². The fourth-order valence-electron chi connectivity index (χ4n) is 7.73. The average Bonchev–Trinajstić information content (AvgIpc) is 3.35. The first-order valence-electron chi connectivity index (χ1n) is 14.7. The Bertz CT molecular complexity index is 1550. The Balaban J connectivity index is 1.32. The first kappa shape index (κ1) is 29.7. The highest BCUT2D eigenvalue weighted by molar-refractivity contribution is 5.85. The fraction of sp³-hybridized carbons (Fsp3) is 0.455. The van der Waals surface area contributed by atoms with E-state index in [1.54, 1.807) is 43.5 Å². The van der Waals surface area contributed by atoms with Crippen molar-refractivity contribution >= 4 is 23.9 Å². The predicted octanol–water partition coefficient (Wildman–Crippen LogP) is 3.55. The number of carboxylic acid groups (broad SMARTS) is 1. The molecule has 11 nitrogen and oxygen atoms in total. The number of methoxy groups -OCH3 is 1. The van der Waals surface area contributed by atoms with Crippen LogP contribution in [0.2, 0.25) is 0 Å². The number of carboxylic acids is 1. The molecule has 1 spiro atoms. The van der Waals surface area contributed by atoms with E-state index in [4.69, 9.17) is 23.7 Å². The number of aliphatic hydroxyl groups is 1. The van der Waals surface area contributed by atoms with Crippen LogP contribution in [0.15, 0.2) is 54.3 Å². The largest absolute Gasteiger partial charge is 0.493 e. The quantitative estimate of drug-likeness (QED) is 0.318. The summed E-state index contributed by atoms with van der Waals surface area (Å²) in [6.07, 6.45) is -0.923. The molecule has 0 radical (unpaired) electrons. The first-order chi connectivity index (χ1) is 21.0. The van der Waals surface area contributed by atoms with Crippen LogP contribution in [0.25, 0.3) is 0 Å². The van der Waals surface area contributed by atoms with Crippen LogP contribution < -0.4 is 9.47 Å². The van der Waals surface area contributed by atoms with Gasteiger partial charge in [-0.05, 0) is 55.2 Å². The minimum Gasteiger partial charge on any atom is -0.493 e. The standard InChI is InChI=1S/C33H34O11/c1-17-11-13-32-26-20-9-10-22(40-3)28(26)44-29(32)23(12-14-33(32,39)21(17)15-20)42-31(38)27(19-7-5-4-6-8-19)43-25(35)16-24(30(36)37)41-18(2)34/h4-10,12,17,21,24,27,29,39H,11,13-16H2,1-3H3,(H,36,37)/t17?,21-,24-,27-,29-,32-,33+/m0/s1. The van der Waals surface area contributed by atoms with Gasteiger partial charge in [0.25, 0.3) is 0 Å². The third-order valence-electron chi connectivity index (χ3n) is 9.66. The lowest BCUT2D eigenvalue weighted by Crippen LogP contribution is -2.69. The molecule has 2 N–H and O–H groups in total. The zero-order valence-corrected chi connectivity index (χ0v) is 24.6. The summed E-state index contributed by atoms with van der Waals surface area (Å²) in [6.45, 7) is 3.18. The molecule has 44 heavy (non-hydrogen) atoms. The van der Waals surface area contributed by atoms with Gasteiger partial charge in [0.05, 0.1) is 24.5 Å². The zero-order chi connectivity index (χ0) is 31.4. The highest BCUT2D eigenvalue weighted by atomic mass is 16.6. The van der Waals surface area contributed by atoms with E-state index in [2.05, 4.69) is 6.92 Å². The second-order valence-electron chi connectivity index (χ2n) is 12.0. The van der Waals surface area contributed by atoms with Crippen molar-refractivity contribution in [3.05, 3.63) is 71.0 Å². The molecule has 6 rings (SSSR count). The number of esters is 3. The second kappa shape index (κ2) is 11.0. The maximum absolute atomic E-state index is 13.8. The molecule has 2 aromatic rings. The smallest absolute Gasteiger partial charge is 0.357 e. The summed E-state index contributed by atoms with van der Waals surface area (Å²) in [5.74, 6) is -2.93. The summed E-state index contributed by atoms with van der Waals surface area (Å²) in [5.41, 5.74) is 0.257. The number of ether oxygens (including phenoxy) is 5. The maximum atomic E-state index is 13.8. The first-order valence-corrected chi connectivity index (χ1v) is 14.7. The van der Waals surface area contributed by atoms with E-state index in [-0.39, 0.29) is 24.0 Å². The number of aliphatic carboxylic acids is 1. The van der Waals surface area contributed by atoms with E-state index in [0.717, 1.165) is 24.5 Å². The molecular weight excluding hydrogens is 572 g/mol. The van der Waals surface area contributed by atoms with E-state index < -0.39 is 59.6 Å². The summed E-state index contributed by atoms with van der Waals surface area (Å²) in [7, 11) is 1.55. The van der Waals surface area contributed by atoms with Crippen molar-refractivity contribution in [1.29, 1.82) is 0 Å². The monoisotopic (exact) mass is 606 g/mol. The van der Waals surface area contributed by atoms with E-state index in [9.17, 15) is 29.4 Å². The lowest BCUT2D eigenvalue weighted by atomic mass is 9.45. The van der Waals surface area contributed by atoms with Gasteiger partial charge in [0, 0.05) is 18.1 Å². The Morgan fingerprint density at radius 3 is 2.52 bits per heavy atom. The number of rotatable bonds is 9. The van der Waals surface area contributed by atoms with Gasteiger partial charge in [0.1, 0.15) is 5.76 Å². The van der Waals surface area contributed by atoms with E-state index in [1.165, 1.54) is 0 Å². The van der Waals surface area contributed by atoms with Crippen molar-refractivity contribution in [1.82, 2.24) is 0 Å². The van der Waals surface area contributed by atoms with Crippen molar-refractivity contribution in [2.45, 2.75) is 75.3 Å². The van der Waals surface area contributed by atoms with Crippen molar-refractivity contribution < 1.29 is 53.1 Å². The molecule has 1 fully saturated rings. The van der Waals surface area contributed by atoms with Crippen LogP contribution in [0.3, 0.4) is 0 Å². The van der Waals surface area contributed by atoms with Crippen LogP contribution in [-0.4, -0.2) is 59.0 Å². The van der Waals surface area contributed by atoms with Gasteiger partial charge in [-0.15, -0.1) is 0 Å². The van der Waals surface area contributed by atoms with Crippen molar-refractivity contribution in [3.8, 4) is 11.5 Å². The minimum absolute atomic E-state index is 0.0277. The number of benzene rings is 2. The average molecular weight is 607 g/mol. The van der Waals surface area contributed by atoms with Crippen LogP contribution >= 0.6 is 0 Å². The van der Waals surface area contributed by atoms with Crippen molar-refractivity contribution in [3.63, 3.8) is 0 Å². The van der Waals surface area contributed by atoms with Crippen molar-refractivity contribution in [2.75, 3.05) is 7.11 Å². The fourth-order valence-corrected chi connectivity index (χ4v) is 7.73. The lowest BCUT2D eigenvalue weighted by Gasteiger charge is -2.61. The molecule has 3 aliphatic carbocycles. The number of hydrogen-bond acceptors (Lipinski definition) is 10. The van der Waals surface area contributed by atoms with Gasteiger partial charge in [-0.25, -0.2) is 9.59 Å². The number of carbonyl (C=O) groups is 4. The molecule has 232 valence electrons. The molecule has 1 saturated carbocycles. The Morgan fingerprint density at radius 2 is 1.84 bits per heavy atom. The zero-order valence-electron chi connectivity index (χ0n) is 24.6. The summed E-state index contributed by atoms with van der Waals surface area (Å²) < 4.78 is 28.3. The van der Waals surface area contributed by atoms with E-state index in [1.807, 2.05) is 12.1 Å². The van der Waals surface area contributed by atoms with E-state index in [0.29, 0.717) is 29.9 Å². The minimum atomic E-state index is -1.78. The van der Waals surface area contributed by atoms with Crippen LogP contribution in [-0.2, 0) is 45.2 Å². The maximum Gasteiger partial charge on any atom is 0.357 e. The number of carbonyl (C=O) groups excluding carboxylic acids is 3. The van der Waals surface area contributed by atoms with Gasteiger partial charge in [0.15, 0.2) is 17.6 Å². The third-order valence-corrected chi connectivity index (χ3v) is 9.66. The highest BCUT2D eigenvalue weighted by Gasteiger charge is 2.72. The van der Waals surface area contributed by atoms with Gasteiger partial charge in [-0.2, -0.15) is 0 Å². The topological polar surface area (TPSA) is 155 Å². The molecule has 7 atom stereocenters. The molecule has 11 heteroatoms.